The van der Waals surface area contributed by atoms with E-state index in [1.807, 2.05) is 18.3 Å². The number of likely N-dealkylation sites (N-methyl/N-ethyl adjacent to an activating group) is 1. The lowest BCUT2D eigenvalue weighted by molar-refractivity contribution is -0.121. The van der Waals surface area contributed by atoms with Gasteiger partial charge in [-0.15, -0.1) is 0 Å². The zero-order valence-corrected chi connectivity index (χ0v) is 11.3. The van der Waals surface area contributed by atoms with Gasteiger partial charge >= 0.3 is 0 Å². The number of carbonyl (C=O) groups is 2. The molecule has 0 aliphatic heterocycles. The summed E-state index contributed by atoms with van der Waals surface area (Å²) in [6.45, 7) is 0.494. The minimum absolute atomic E-state index is 0.0398. The number of H-pyrrole nitrogens is 1. The molecule has 1 aromatic carbocycles. The van der Waals surface area contributed by atoms with Crippen molar-refractivity contribution in [2.45, 2.75) is 6.54 Å². The van der Waals surface area contributed by atoms with Crippen LogP contribution in [0.15, 0.2) is 48.8 Å². The second kappa shape index (κ2) is 6.56. The predicted molar refractivity (Wildman–Crippen MR) is 76.0 cm³/mol. The molecule has 0 bridgehead atoms. The summed E-state index contributed by atoms with van der Waals surface area (Å²) in [6, 6.07) is 10.8. The van der Waals surface area contributed by atoms with E-state index in [0.717, 1.165) is 5.56 Å². The molecule has 2 N–H and O–H groups in total. The molecule has 1 heterocycles. The van der Waals surface area contributed by atoms with Crippen LogP contribution < -0.4 is 5.32 Å². The molecular weight excluding hydrogens is 254 g/mol. The van der Waals surface area contributed by atoms with Gasteiger partial charge in [-0.3, -0.25) is 9.59 Å². The Morgan fingerprint density at radius 3 is 2.60 bits per heavy atom. The molecule has 5 nitrogen and oxygen atoms in total. The first-order valence-corrected chi connectivity index (χ1v) is 6.35. The van der Waals surface area contributed by atoms with E-state index in [1.54, 1.807) is 37.5 Å². The third kappa shape index (κ3) is 3.71. The summed E-state index contributed by atoms with van der Waals surface area (Å²) in [5, 5.41) is 2.77. The highest BCUT2D eigenvalue weighted by atomic mass is 16.2. The van der Waals surface area contributed by atoms with Gasteiger partial charge in [0.05, 0.1) is 6.54 Å². The minimum Gasteiger partial charge on any atom is -0.367 e. The molecule has 0 spiro atoms. The molecule has 2 rings (SSSR count). The summed E-state index contributed by atoms with van der Waals surface area (Å²) < 4.78 is 0. The third-order valence-corrected chi connectivity index (χ3v) is 2.90. The topological polar surface area (TPSA) is 65.2 Å². The molecular formula is C15H17N3O2. The summed E-state index contributed by atoms with van der Waals surface area (Å²) in [7, 11) is 1.62. The molecule has 0 aliphatic rings. The van der Waals surface area contributed by atoms with Gasteiger partial charge in [0.15, 0.2) is 0 Å². The number of aromatic nitrogens is 1. The van der Waals surface area contributed by atoms with Gasteiger partial charge in [-0.2, -0.15) is 0 Å². The van der Waals surface area contributed by atoms with Crippen LogP contribution in [0.4, 0.5) is 0 Å². The van der Waals surface area contributed by atoms with Gasteiger partial charge < -0.3 is 15.2 Å². The molecule has 0 aliphatic carbocycles. The molecule has 0 fully saturated rings. The number of hydrogen-bond acceptors (Lipinski definition) is 2. The molecule has 0 saturated heterocycles. The van der Waals surface area contributed by atoms with E-state index in [1.165, 1.54) is 4.90 Å². The molecule has 0 atom stereocenters. The van der Waals surface area contributed by atoms with E-state index in [-0.39, 0.29) is 18.4 Å². The normalized spacial score (nSPS) is 10.1. The number of aromatic amines is 1. The summed E-state index contributed by atoms with van der Waals surface area (Å²) in [5.41, 5.74) is 1.57. The maximum absolute atomic E-state index is 12.1. The van der Waals surface area contributed by atoms with E-state index < -0.39 is 0 Å². The van der Waals surface area contributed by atoms with Crippen molar-refractivity contribution in [3.05, 3.63) is 59.9 Å². The average Bonchev–Trinajstić information content (AvgIpc) is 2.98. The van der Waals surface area contributed by atoms with Crippen molar-refractivity contribution in [2.75, 3.05) is 13.6 Å². The molecule has 2 amide bonds. The minimum atomic E-state index is -0.182. The van der Waals surface area contributed by atoms with Crippen LogP contribution in [0, 0.1) is 0 Å². The monoisotopic (exact) mass is 271 g/mol. The largest absolute Gasteiger partial charge is 0.367 e. The first-order valence-electron chi connectivity index (χ1n) is 6.35. The molecule has 2 aromatic rings. The molecule has 1 aromatic heterocycles. The number of amides is 2. The Kier molecular flexibility index (Phi) is 4.55. The molecule has 0 unspecified atom stereocenters. The van der Waals surface area contributed by atoms with Crippen LogP contribution in [-0.4, -0.2) is 35.3 Å². The van der Waals surface area contributed by atoms with Crippen LogP contribution in [0.1, 0.15) is 15.9 Å². The van der Waals surface area contributed by atoms with Gasteiger partial charge in [-0.05, 0) is 23.8 Å². The molecule has 5 heteroatoms. The van der Waals surface area contributed by atoms with Gasteiger partial charge in [0, 0.05) is 31.5 Å². The molecule has 104 valence electrons. The molecule has 0 radical (unpaired) electrons. The third-order valence-electron chi connectivity index (χ3n) is 2.90. The first kappa shape index (κ1) is 13.9. The zero-order valence-electron chi connectivity index (χ0n) is 11.3. The Hall–Kier alpha value is -2.56. The van der Waals surface area contributed by atoms with Crippen molar-refractivity contribution < 1.29 is 9.59 Å². The number of hydrogen-bond donors (Lipinski definition) is 2. The number of benzene rings is 1. The van der Waals surface area contributed by atoms with Gasteiger partial charge in [0.25, 0.3) is 5.91 Å². The standard InChI is InChI=1S/C15H17N3O2/c1-18(15(20)13-5-3-2-4-6-13)11-14(19)17-10-12-7-8-16-9-12/h2-9,16H,10-11H2,1H3,(H,17,19). The quantitative estimate of drug-likeness (QED) is 0.863. The lowest BCUT2D eigenvalue weighted by atomic mass is 10.2. The Labute approximate surface area is 117 Å². The average molecular weight is 271 g/mol. The fraction of sp³-hybridized carbons (Fsp3) is 0.200. The van der Waals surface area contributed by atoms with Crippen LogP contribution in [0.25, 0.3) is 0 Å². The van der Waals surface area contributed by atoms with Crippen molar-refractivity contribution in [2.24, 2.45) is 0 Å². The van der Waals surface area contributed by atoms with Crippen LogP contribution in [0.5, 0.6) is 0 Å². The lowest BCUT2D eigenvalue weighted by Crippen LogP contribution is -2.38. The van der Waals surface area contributed by atoms with Crippen molar-refractivity contribution in [3.8, 4) is 0 Å². The summed E-state index contributed by atoms with van der Waals surface area (Å²) in [6.07, 6.45) is 3.62. The first-order chi connectivity index (χ1) is 9.66. The van der Waals surface area contributed by atoms with Crippen molar-refractivity contribution in [1.82, 2.24) is 15.2 Å². The number of nitrogens with one attached hydrogen (secondary N) is 2. The van der Waals surface area contributed by atoms with E-state index in [4.69, 9.17) is 0 Å². The van der Waals surface area contributed by atoms with Crippen LogP contribution in [0.3, 0.4) is 0 Å². The predicted octanol–water partition coefficient (Wildman–Crippen LogP) is 1.40. The van der Waals surface area contributed by atoms with Gasteiger partial charge in [-0.25, -0.2) is 0 Å². The van der Waals surface area contributed by atoms with Gasteiger partial charge in [0.1, 0.15) is 0 Å². The Morgan fingerprint density at radius 2 is 1.95 bits per heavy atom. The fourth-order valence-electron chi connectivity index (χ4n) is 1.81. The molecule has 20 heavy (non-hydrogen) atoms. The van der Waals surface area contributed by atoms with Crippen LogP contribution in [0.2, 0.25) is 0 Å². The Balaban J connectivity index is 1.83. The van der Waals surface area contributed by atoms with Crippen LogP contribution >= 0.6 is 0 Å². The SMILES string of the molecule is CN(CC(=O)NCc1cc[nH]c1)C(=O)c1ccccc1. The molecule has 0 saturated carbocycles. The highest BCUT2D eigenvalue weighted by molar-refractivity contribution is 5.96. The fourth-order valence-corrected chi connectivity index (χ4v) is 1.81. The van der Waals surface area contributed by atoms with E-state index in [9.17, 15) is 9.59 Å². The van der Waals surface area contributed by atoms with Crippen LogP contribution in [-0.2, 0) is 11.3 Å². The number of rotatable bonds is 5. The highest BCUT2D eigenvalue weighted by Crippen LogP contribution is 2.02. The Bertz CT molecular complexity index is 564. The smallest absolute Gasteiger partial charge is 0.254 e. The maximum Gasteiger partial charge on any atom is 0.254 e. The number of nitrogens with zero attached hydrogens (tertiary/aromatic N) is 1. The second-order valence-electron chi connectivity index (χ2n) is 4.52. The van der Waals surface area contributed by atoms with Crippen molar-refractivity contribution in [3.63, 3.8) is 0 Å². The second-order valence-corrected chi connectivity index (χ2v) is 4.52. The van der Waals surface area contributed by atoms with E-state index in [2.05, 4.69) is 10.3 Å². The maximum atomic E-state index is 12.1. The lowest BCUT2D eigenvalue weighted by Gasteiger charge is -2.16. The summed E-state index contributed by atoms with van der Waals surface area (Å²) in [4.78, 5) is 28.1. The van der Waals surface area contributed by atoms with E-state index in [0.29, 0.717) is 12.1 Å². The van der Waals surface area contributed by atoms with Gasteiger partial charge in [0.2, 0.25) is 5.91 Å². The van der Waals surface area contributed by atoms with Crippen molar-refractivity contribution >= 4 is 11.8 Å². The van der Waals surface area contributed by atoms with Gasteiger partial charge in [-0.1, -0.05) is 18.2 Å². The summed E-state index contributed by atoms with van der Waals surface area (Å²) >= 11 is 0. The highest BCUT2D eigenvalue weighted by Gasteiger charge is 2.14. The number of carbonyl (C=O) groups excluding carboxylic acids is 2. The zero-order chi connectivity index (χ0) is 14.4. The van der Waals surface area contributed by atoms with E-state index >= 15 is 0 Å². The Morgan fingerprint density at radius 1 is 1.20 bits per heavy atom. The van der Waals surface area contributed by atoms with Crippen molar-refractivity contribution in [1.29, 1.82) is 0 Å². The summed E-state index contributed by atoms with van der Waals surface area (Å²) in [5.74, 6) is -0.347.